The van der Waals surface area contributed by atoms with Crippen molar-refractivity contribution in [3.63, 3.8) is 0 Å². The molecule has 1 aromatic heterocycles. The zero-order valence-corrected chi connectivity index (χ0v) is 28.1. The Balaban J connectivity index is 1.53. The van der Waals surface area contributed by atoms with Crippen molar-refractivity contribution in [2.75, 3.05) is 31.7 Å². The van der Waals surface area contributed by atoms with E-state index in [2.05, 4.69) is 61.6 Å². The van der Waals surface area contributed by atoms with Gasteiger partial charge < -0.3 is 28.7 Å². The van der Waals surface area contributed by atoms with Crippen LogP contribution in [0.3, 0.4) is 0 Å². The lowest BCUT2D eigenvalue weighted by molar-refractivity contribution is 0.0215. The molecular formula is C31H37BrIN3O5. The summed E-state index contributed by atoms with van der Waals surface area (Å²) in [5, 5.41) is 0.983. The van der Waals surface area contributed by atoms with E-state index in [-0.39, 0.29) is 30.4 Å². The first-order chi connectivity index (χ1) is 19.4. The van der Waals surface area contributed by atoms with Crippen molar-refractivity contribution < 1.29 is 23.7 Å². The average molecular weight is 738 g/mol. The number of piperazine rings is 1. The number of carbonyl (C=O) groups excluding carboxylic acids is 1. The van der Waals surface area contributed by atoms with Crippen LogP contribution in [0.25, 0.3) is 10.9 Å². The molecule has 0 radical (unpaired) electrons. The molecule has 2 fully saturated rings. The minimum atomic E-state index is -0.525. The SMILES string of the molecule is CO[C@@H](C)COc1cc(N2C[C@@H]3C[C@H]2CN3C(=O)OC(C)(C)C)c2cc(I)c(Br)c(O[C@@H](C)c3ccccc3)c2n1. The first kappa shape index (κ1) is 30.2. The van der Waals surface area contributed by atoms with Gasteiger partial charge in [-0.3, -0.25) is 0 Å². The number of hydrogen-bond acceptors (Lipinski definition) is 7. The molecule has 5 rings (SSSR count). The van der Waals surface area contributed by atoms with Gasteiger partial charge in [0.15, 0.2) is 5.75 Å². The van der Waals surface area contributed by atoms with Crippen LogP contribution in [-0.4, -0.2) is 66.6 Å². The van der Waals surface area contributed by atoms with E-state index < -0.39 is 5.60 Å². The largest absolute Gasteiger partial charge is 0.483 e. The number of fused-ring (bicyclic) bond motifs is 3. The molecule has 0 unspecified atom stereocenters. The molecule has 1 amide bonds. The third-order valence-electron chi connectivity index (χ3n) is 7.52. The van der Waals surface area contributed by atoms with E-state index in [0.29, 0.717) is 31.3 Å². The first-order valence-corrected chi connectivity index (χ1v) is 15.8. The van der Waals surface area contributed by atoms with Crippen molar-refractivity contribution in [1.82, 2.24) is 9.88 Å². The van der Waals surface area contributed by atoms with Crippen molar-refractivity contribution in [3.05, 3.63) is 56.1 Å². The predicted octanol–water partition coefficient (Wildman–Crippen LogP) is 7.35. The van der Waals surface area contributed by atoms with Gasteiger partial charge in [-0.2, -0.15) is 0 Å². The number of carbonyl (C=O) groups is 1. The Kier molecular flexibility index (Phi) is 8.92. The van der Waals surface area contributed by atoms with Gasteiger partial charge in [-0.1, -0.05) is 30.3 Å². The molecule has 41 heavy (non-hydrogen) atoms. The van der Waals surface area contributed by atoms with E-state index in [9.17, 15) is 4.79 Å². The molecule has 3 heterocycles. The monoisotopic (exact) mass is 737 g/mol. The van der Waals surface area contributed by atoms with Gasteiger partial charge >= 0.3 is 6.09 Å². The fourth-order valence-corrected chi connectivity index (χ4v) is 6.35. The molecular weight excluding hydrogens is 701 g/mol. The van der Waals surface area contributed by atoms with E-state index in [1.807, 2.05) is 63.8 Å². The predicted molar refractivity (Wildman–Crippen MR) is 172 cm³/mol. The third-order valence-corrected chi connectivity index (χ3v) is 9.90. The van der Waals surface area contributed by atoms with Crippen LogP contribution in [0.5, 0.6) is 11.6 Å². The third kappa shape index (κ3) is 6.54. The highest BCUT2D eigenvalue weighted by atomic mass is 127. The van der Waals surface area contributed by atoms with Crippen LogP contribution in [0, 0.1) is 3.57 Å². The number of ether oxygens (including phenoxy) is 4. The Morgan fingerprint density at radius 2 is 1.88 bits per heavy atom. The number of anilines is 1. The van der Waals surface area contributed by atoms with E-state index in [4.69, 9.17) is 23.9 Å². The molecule has 0 aliphatic carbocycles. The van der Waals surface area contributed by atoms with Crippen LogP contribution >= 0.6 is 38.5 Å². The van der Waals surface area contributed by atoms with Crippen LogP contribution in [0.15, 0.2) is 46.9 Å². The summed E-state index contributed by atoms with van der Waals surface area (Å²) in [6.07, 6.45) is 0.369. The van der Waals surface area contributed by atoms with Gasteiger partial charge in [0.1, 0.15) is 23.8 Å². The van der Waals surface area contributed by atoms with Crippen molar-refractivity contribution in [3.8, 4) is 11.6 Å². The van der Waals surface area contributed by atoms with Crippen LogP contribution in [0.1, 0.15) is 52.7 Å². The molecule has 0 N–H and O–H groups in total. The van der Waals surface area contributed by atoms with Crippen LogP contribution in [0.4, 0.5) is 10.5 Å². The van der Waals surface area contributed by atoms with Crippen LogP contribution in [-0.2, 0) is 9.47 Å². The van der Waals surface area contributed by atoms with Gasteiger partial charge in [-0.25, -0.2) is 9.78 Å². The Labute approximate surface area is 263 Å². The van der Waals surface area contributed by atoms with Gasteiger partial charge in [0.25, 0.3) is 0 Å². The maximum atomic E-state index is 12.9. The fraction of sp³-hybridized carbons (Fsp3) is 0.484. The summed E-state index contributed by atoms with van der Waals surface area (Å²) < 4.78 is 25.8. The lowest BCUT2D eigenvalue weighted by Crippen LogP contribution is -2.50. The Hall–Kier alpha value is -2.31. The highest BCUT2D eigenvalue weighted by Gasteiger charge is 2.47. The molecule has 10 heteroatoms. The Morgan fingerprint density at radius 3 is 2.51 bits per heavy atom. The number of likely N-dealkylation sites (tertiary alicyclic amines) is 1. The van der Waals surface area contributed by atoms with E-state index in [1.165, 1.54) is 0 Å². The van der Waals surface area contributed by atoms with E-state index >= 15 is 0 Å². The second-order valence-electron chi connectivity index (χ2n) is 11.7. The van der Waals surface area contributed by atoms with Crippen molar-refractivity contribution in [2.45, 2.75) is 70.9 Å². The summed E-state index contributed by atoms with van der Waals surface area (Å²) in [4.78, 5) is 22.1. The molecule has 2 aliphatic rings. The van der Waals surface area contributed by atoms with E-state index in [1.54, 1.807) is 7.11 Å². The minimum Gasteiger partial charge on any atom is -0.483 e. The molecule has 3 aromatic rings. The van der Waals surface area contributed by atoms with Gasteiger partial charge in [-0.05, 0) is 91.2 Å². The molecule has 220 valence electrons. The molecule has 8 nitrogen and oxygen atoms in total. The van der Waals surface area contributed by atoms with Gasteiger partial charge in [0.2, 0.25) is 5.88 Å². The number of nitrogens with zero attached hydrogens (tertiary/aromatic N) is 3. The zero-order chi connectivity index (χ0) is 29.5. The van der Waals surface area contributed by atoms with Gasteiger partial charge in [-0.15, -0.1) is 0 Å². The standard InChI is InChI=1S/C31H37BrIN3O5/c1-18(38-6)17-39-26-14-25(35-15-22-12-21(35)16-36(22)30(37)41-31(3,4)5)23-13-24(33)27(32)29(28(23)34-26)40-19(2)20-10-8-7-9-11-20/h7-11,13-14,18-19,21-22H,12,15-17H2,1-6H3/t18-,19-,21-,22-/m0/s1. The Morgan fingerprint density at radius 1 is 1.15 bits per heavy atom. The molecule has 2 aliphatic heterocycles. The Bertz CT molecular complexity index is 1420. The van der Waals surface area contributed by atoms with Crippen LogP contribution in [0.2, 0.25) is 0 Å². The normalized spacial score (nSPS) is 19.9. The van der Waals surface area contributed by atoms with Gasteiger partial charge in [0.05, 0.1) is 22.3 Å². The molecule has 2 aromatic carbocycles. The summed E-state index contributed by atoms with van der Waals surface area (Å²) in [5.41, 5.74) is 2.30. The number of rotatable bonds is 8. The fourth-order valence-electron chi connectivity index (χ4n) is 5.40. The number of hydrogen-bond donors (Lipinski definition) is 0. The maximum Gasteiger partial charge on any atom is 0.410 e. The topological polar surface area (TPSA) is 73.4 Å². The second kappa shape index (κ2) is 12.1. The summed E-state index contributed by atoms with van der Waals surface area (Å²) in [7, 11) is 1.67. The lowest BCUT2D eigenvalue weighted by Gasteiger charge is -2.37. The number of benzene rings is 2. The summed E-state index contributed by atoms with van der Waals surface area (Å²) in [6.45, 7) is 11.4. The highest BCUT2D eigenvalue weighted by molar-refractivity contribution is 14.1. The second-order valence-corrected chi connectivity index (χ2v) is 13.7. The van der Waals surface area contributed by atoms with Gasteiger partial charge in [0, 0.05) is 41.3 Å². The molecule has 2 saturated heterocycles. The molecule has 4 atom stereocenters. The van der Waals surface area contributed by atoms with Crippen molar-refractivity contribution in [2.24, 2.45) is 0 Å². The number of amides is 1. The quantitative estimate of drug-likeness (QED) is 0.224. The zero-order valence-electron chi connectivity index (χ0n) is 24.3. The van der Waals surface area contributed by atoms with Crippen molar-refractivity contribution in [1.29, 1.82) is 0 Å². The molecule has 0 saturated carbocycles. The lowest BCUT2D eigenvalue weighted by atomic mass is 10.1. The smallest absolute Gasteiger partial charge is 0.410 e. The summed E-state index contributed by atoms with van der Waals surface area (Å²) >= 11 is 6.12. The highest BCUT2D eigenvalue weighted by Crippen LogP contribution is 2.45. The number of aromatic nitrogens is 1. The van der Waals surface area contributed by atoms with Crippen molar-refractivity contribution >= 4 is 61.2 Å². The summed E-state index contributed by atoms with van der Waals surface area (Å²) in [6, 6.07) is 14.5. The number of pyridine rings is 1. The first-order valence-electron chi connectivity index (χ1n) is 13.9. The number of halogens is 2. The molecule has 2 bridgehead atoms. The maximum absolute atomic E-state index is 12.9. The number of methoxy groups -OCH3 is 1. The van der Waals surface area contributed by atoms with E-state index in [0.717, 1.165) is 36.6 Å². The molecule has 0 spiro atoms. The van der Waals surface area contributed by atoms with Crippen LogP contribution < -0.4 is 14.4 Å². The average Bonchev–Trinajstić information content (AvgIpc) is 3.55. The summed E-state index contributed by atoms with van der Waals surface area (Å²) in [5.74, 6) is 1.18. The minimum absolute atomic E-state index is 0.0827.